The molecule has 0 amide bonds. The third-order valence-electron chi connectivity index (χ3n) is 10.3. The van der Waals surface area contributed by atoms with Gasteiger partial charge in [-0.2, -0.15) is 0 Å². The van der Waals surface area contributed by atoms with Crippen molar-refractivity contribution in [3.63, 3.8) is 0 Å². The molecular weight excluding hydrogens is 776 g/mol. The third kappa shape index (κ3) is 8.40. The van der Waals surface area contributed by atoms with Crippen molar-refractivity contribution < 1.29 is 94.1 Å². The number of aliphatic hydroxyl groups excluding tert-OH is 10. The van der Waals surface area contributed by atoms with Crippen molar-refractivity contribution in [1.29, 1.82) is 0 Å². The molecule has 12 N–H and O–H groups in total. The Bertz CT molecular complexity index is 1980. The minimum atomic E-state index is -1.95. The molecule has 3 fully saturated rings. The summed E-state index contributed by atoms with van der Waals surface area (Å²) in [4.78, 5) is 14.7. The van der Waals surface area contributed by atoms with Gasteiger partial charge < -0.3 is 94.1 Å². The van der Waals surface area contributed by atoms with E-state index < -0.39 is 128 Å². The van der Waals surface area contributed by atoms with Crippen LogP contribution in [0, 0.1) is 0 Å². The lowest BCUT2D eigenvalue weighted by Crippen LogP contribution is -2.64. The highest BCUT2D eigenvalue weighted by Gasteiger charge is 2.51. The molecular formula is C38H48O20. The summed E-state index contributed by atoms with van der Waals surface area (Å²) in [5.74, 6) is -2.08. The van der Waals surface area contributed by atoms with Crippen molar-refractivity contribution >= 4 is 11.0 Å². The van der Waals surface area contributed by atoms with Crippen LogP contribution in [-0.2, 0) is 25.4 Å². The van der Waals surface area contributed by atoms with Crippen LogP contribution < -0.4 is 14.9 Å². The molecule has 58 heavy (non-hydrogen) atoms. The zero-order valence-electron chi connectivity index (χ0n) is 31.4. The van der Waals surface area contributed by atoms with Gasteiger partial charge in [-0.25, -0.2) is 0 Å². The molecule has 0 spiro atoms. The number of phenols is 2. The highest BCUT2D eigenvalue weighted by atomic mass is 16.8. The van der Waals surface area contributed by atoms with Crippen molar-refractivity contribution in [2.24, 2.45) is 0 Å². The summed E-state index contributed by atoms with van der Waals surface area (Å²) in [6, 6.07) is 6.28. The van der Waals surface area contributed by atoms with Gasteiger partial charge >= 0.3 is 0 Å². The largest absolute Gasteiger partial charge is 0.508 e. The number of allylic oxidation sites excluding steroid dienone is 2. The van der Waals surface area contributed by atoms with Gasteiger partial charge in [0.15, 0.2) is 18.2 Å². The first-order valence-electron chi connectivity index (χ1n) is 18.4. The van der Waals surface area contributed by atoms with Crippen LogP contribution in [0.4, 0.5) is 0 Å². The molecule has 0 radical (unpaired) electrons. The van der Waals surface area contributed by atoms with E-state index in [-0.39, 0.29) is 40.4 Å². The molecule has 20 heteroatoms. The molecule has 0 unspecified atom stereocenters. The molecule has 320 valence electrons. The lowest BCUT2D eigenvalue weighted by molar-refractivity contribution is -0.355. The van der Waals surface area contributed by atoms with E-state index in [9.17, 15) is 66.1 Å². The van der Waals surface area contributed by atoms with Gasteiger partial charge in [0.1, 0.15) is 89.3 Å². The maximum atomic E-state index is 14.7. The highest BCUT2D eigenvalue weighted by molar-refractivity contribution is 5.91. The maximum Gasteiger partial charge on any atom is 0.239 e. The molecule has 0 bridgehead atoms. The van der Waals surface area contributed by atoms with Crippen LogP contribution >= 0.6 is 0 Å². The van der Waals surface area contributed by atoms with E-state index in [1.54, 1.807) is 19.9 Å². The number of benzene rings is 2. The van der Waals surface area contributed by atoms with Gasteiger partial charge in [0.2, 0.25) is 23.8 Å². The van der Waals surface area contributed by atoms with Crippen LogP contribution in [0.1, 0.15) is 26.3 Å². The van der Waals surface area contributed by atoms with Crippen molar-refractivity contribution in [1.82, 2.24) is 0 Å². The fourth-order valence-corrected chi connectivity index (χ4v) is 6.86. The number of aromatic hydroxyl groups is 2. The van der Waals surface area contributed by atoms with Crippen LogP contribution in [0.5, 0.6) is 23.0 Å². The Morgan fingerprint density at radius 3 is 1.90 bits per heavy atom. The molecule has 1 aromatic heterocycles. The van der Waals surface area contributed by atoms with Gasteiger partial charge in [0, 0.05) is 17.2 Å². The molecule has 2 aromatic carbocycles. The third-order valence-corrected chi connectivity index (χ3v) is 10.3. The lowest BCUT2D eigenvalue weighted by Gasteiger charge is -2.45. The Balaban J connectivity index is 1.49. The Hall–Kier alpha value is -3.97. The highest BCUT2D eigenvalue weighted by Crippen LogP contribution is 2.42. The fraction of sp³-hybridized carbons (Fsp3) is 0.553. The molecule has 6 rings (SSSR count). The monoisotopic (exact) mass is 824 g/mol. The second-order valence-electron chi connectivity index (χ2n) is 14.6. The quantitative estimate of drug-likeness (QED) is 0.0896. The Labute approximate surface area is 329 Å². The van der Waals surface area contributed by atoms with Crippen molar-refractivity contribution in [3.05, 3.63) is 57.8 Å². The van der Waals surface area contributed by atoms with Crippen LogP contribution in [0.15, 0.2) is 51.2 Å². The van der Waals surface area contributed by atoms with E-state index >= 15 is 0 Å². The van der Waals surface area contributed by atoms with Crippen LogP contribution in [-0.4, -0.2) is 167 Å². The topological polar surface area (TPSA) is 328 Å². The number of fused-ring (bicyclic) bond motifs is 1. The van der Waals surface area contributed by atoms with Crippen molar-refractivity contribution in [2.75, 3.05) is 13.2 Å². The van der Waals surface area contributed by atoms with E-state index in [0.29, 0.717) is 0 Å². The van der Waals surface area contributed by atoms with Gasteiger partial charge in [-0.15, -0.1) is 0 Å². The van der Waals surface area contributed by atoms with Crippen molar-refractivity contribution in [3.8, 4) is 34.3 Å². The summed E-state index contributed by atoms with van der Waals surface area (Å²) >= 11 is 0. The average Bonchev–Trinajstić information content (AvgIpc) is 3.19. The van der Waals surface area contributed by atoms with Gasteiger partial charge in [-0.3, -0.25) is 4.79 Å². The summed E-state index contributed by atoms with van der Waals surface area (Å²) in [5.41, 5.74) is -0.255. The molecule has 3 aliphatic rings. The second kappa shape index (κ2) is 17.7. The van der Waals surface area contributed by atoms with Gasteiger partial charge in [0.05, 0.1) is 19.3 Å². The molecule has 4 heterocycles. The first-order chi connectivity index (χ1) is 27.5. The molecule has 20 nitrogen and oxygen atoms in total. The number of hydrogen-bond donors (Lipinski definition) is 12. The van der Waals surface area contributed by atoms with Gasteiger partial charge in [-0.05, 0) is 51.5 Å². The Morgan fingerprint density at radius 2 is 1.31 bits per heavy atom. The smallest absolute Gasteiger partial charge is 0.239 e. The molecule has 3 aliphatic heterocycles. The zero-order valence-corrected chi connectivity index (χ0v) is 31.4. The summed E-state index contributed by atoms with van der Waals surface area (Å²) in [7, 11) is 0. The SMILES string of the molecule is CC(C)=CCc1c(O[C@@H]2O[C@H](CO)[C@@H](O)[C@H](O)[C@H]2O)cc(O)c2c(=O)c(O[C@@H]3O[C@@H](C)[C@H](O)[C@@H](O)[C@H]3O[C@@H]3O[C@H](CO)[C@@H](O)[C@H](O)[C@H]3O)c(-c3ccc(O)cc3)oc12. The predicted molar refractivity (Wildman–Crippen MR) is 194 cm³/mol. The summed E-state index contributed by atoms with van der Waals surface area (Å²) in [5, 5.41) is 125. The number of hydrogen-bond acceptors (Lipinski definition) is 20. The molecule has 0 saturated carbocycles. The summed E-state index contributed by atoms with van der Waals surface area (Å²) < 4.78 is 41.1. The summed E-state index contributed by atoms with van der Waals surface area (Å²) in [6.07, 6.45) is -23.8. The first-order valence-corrected chi connectivity index (χ1v) is 18.4. The average molecular weight is 825 g/mol. The standard InChI is InChI=1S/C38H48O20/c1-13(2)4-9-17-19(53-36-30(50)27(47)24(44)20(11-39)54-36)10-18(42)22-26(46)34(32(56-33(17)22)15-5-7-16(41)8-6-15)57-38-35(29(49)23(43)14(3)52-38)58-37-31(51)28(48)25(45)21(12-40)55-37/h4-8,10,14,20-21,23-25,27-31,35-45,47-51H,9,11-12H2,1-3H3/t14-,20+,21+,23-,24+,25+,27-,28-,29+,30+,31+,35+,36+,37-,38-/m0/s1. The number of aliphatic hydroxyl groups is 10. The van der Waals surface area contributed by atoms with E-state index in [1.807, 2.05) is 0 Å². The molecule has 15 atom stereocenters. The van der Waals surface area contributed by atoms with E-state index in [1.165, 1.54) is 31.2 Å². The summed E-state index contributed by atoms with van der Waals surface area (Å²) in [6.45, 7) is 3.38. The van der Waals surface area contributed by atoms with Gasteiger partial charge in [-0.1, -0.05) is 11.6 Å². The van der Waals surface area contributed by atoms with E-state index in [0.717, 1.165) is 11.6 Å². The Morgan fingerprint density at radius 1 is 0.724 bits per heavy atom. The number of phenolic OH excluding ortho intramolecular Hbond substituents is 2. The van der Waals surface area contributed by atoms with Crippen LogP contribution in [0.3, 0.4) is 0 Å². The van der Waals surface area contributed by atoms with E-state index in [4.69, 9.17) is 32.8 Å². The Kier molecular flexibility index (Phi) is 13.3. The lowest BCUT2D eigenvalue weighted by atomic mass is 9.97. The maximum absolute atomic E-state index is 14.7. The van der Waals surface area contributed by atoms with Crippen LogP contribution in [0.25, 0.3) is 22.3 Å². The number of rotatable bonds is 11. The molecule has 0 aliphatic carbocycles. The second-order valence-corrected chi connectivity index (χ2v) is 14.6. The predicted octanol–water partition coefficient (Wildman–Crippen LogP) is -2.41. The normalized spacial score (nSPS) is 35.4. The minimum Gasteiger partial charge on any atom is -0.508 e. The van der Waals surface area contributed by atoms with E-state index in [2.05, 4.69) is 0 Å². The zero-order chi connectivity index (χ0) is 42.3. The molecule has 3 saturated heterocycles. The first kappa shape index (κ1) is 43.6. The minimum absolute atomic E-state index is 0.0215. The van der Waals surface area contributed by atoms with Crippen molar-refractivity contribution in [2.45, 2.75) is 119 Å². The number of ether oxygens (including phenoxy) is 6. The fourth-order valence-electron chi connectivity index (χ4n) is 6.86. The molecule has 3 aromatic rings. The van der Waals surface area contributed by atoms with Crippen LogP contribution in [0.2, 0.25) is 0 Å². The van der Waals surface area contributed by atoms with Gasteiger partial charge in [0.25, 0.3) is 0 Å².